The van der Waals surface area contributed by atoms with Gasteiger partial charge in [0, 0.05) is 18.1 Å². The molecule has 116 valence electrons. The Morgan fingerprint density at radius 3 is 2.43 bits per heavy atom. The fourth-order valence-electron chi connectivity index (χ4n) is 2.33. The first kappa shape index (κ1) is 15.0. The Balaban J connectivity index is 1.75. The first-order chi connectivity index (χ1) is 11.1. The highest BCUT2D eigenvalue weighted by Crippen LogP contribution is 2.20. The fraction of sp³-hybridized carbons (Fsp3) is 0.105. The lowest BCUT2D eigenvalue weighted by molar-refractivity contribution is 0.0338. The normalized spacial score (nSPS) is 11.9. The van der Waals surface area contributed by atoms with Crippen molar-refractivity contribution in [1.82, 2.24) is 4.57 Å². The molecule has 0 aliphatic rings. The topological polar surface area (TPSA) is 31.2 Å². The van der Waals surface area contributed by atoms with Crippen LogP contribution in [0.2, 0.25) is 0 Å². The molecule has 0 aliphatic heterocycles. The molecule has 1 heterocycles. The van der Waals surface area contributed by atoms with Crippen molar-refractivity contribution >= 4 is 5.97 Å². The van der Waals surface area contributed by atoms with Gasteiger partial charge in [0.25, 0.3) is 0 Å². The van der Waals surface area contributed by atoms with E-state index in [0.717, 1.165) is 11.3 Å². The van der Waals surface area contributed by atoms with Crippen molar-refractivity contribution in [3.63, 3.8) is 0 Å². The van der Waals surface area contributed by atoms with Crippen LogP contribution in [0.4, 0.5) is 4.39 Å². The van der Waals surface area contributed by atoms with E-state index in [-0.39, 0.29) is 5.82 Å². The number of ether oxygens (including phenoxy) is 1. The fourth-order valence-corrected chi connectivity index (χ4v) is 2.33. The molecule has 0 bridgehead atoms. The van der Waals surface area contributed by atoms with Gasteiger partial charge in [-0.3, -0.25) is 0 Å². The SMILES string of the molecule is CC(OC(=O)c1cccc(-n2cccc2)c1)c1ccc(F)cc1. The molecule has 1 atom stereocenters. The molecular weight excluding hydrogens is 293 g/mol. The van der Waals surface area contributed by atoms with E-state index in [2.05, 4.69) is 0 Å². The van der Waals surface area contributed by atoms with Crippen LogP contribution >= 0.6 is 0 Å². The predicted molar refractivity (Wildman–Crippen MR) is 86.0 cm³/mol. The summed E-state index contributed by atoms with van der Waals surface area (Å²) in [6.07, 6.45) is 3.37. The molecule has 0 N–H and O–H groups in total. The maximum absolute atomic E-state index is 12.9. The van der Waals surface area contributed by atoms with E-state index in [0.29, 0.717) is 5.56 Å². The summed E-state index contributed by atoms with van der Waals surface area (Å²) < 4.78 is 20.3. The highest BCUT2D eigenvalue weighted by atomic mass is 19.1. The van der Waals surface area contributed by atoms with Crippen LogP contribution in [0.5, 0.6) is 0 Å². The van der Waals surface area contributed by atoms with E-state index in [1.807, 2.05) is 41.2 Å². The zero-order chi connectivity index (χ0) is 16.2. The average molecular weight is 309 g/mol. The zero-order valence-electron chi connectivity index (χ0n) is 12.6. The Hall–Kier alpha value is -2.88. The summed E-state index contributed by atoms with van der Waals surface area (Å²) >= 11 is 0. The minimum atomic E-state index is -0.446. The average Bonchev–Trinajstić information content (AvgIpc) is 3.10. The van der Waals surface area contributed by atoms with Crippen LogP contribution in [-0.4, -0.2) is 10.5 Å². The number of nitrogens with zero attached hydrogens (tertiary/aromatic N) is 1. The monoisotopic (exact) mass is 309 g/mol. The van der Waals surface area contributed by atoms with Gasteiger partial charge in [0.15, 0.2) is 0 Å². The maximum atomic E-state index is 12.9. The molecule has 0 aliphatic carbocycles. The Labute approximate surface area is 134 Å². The van der Waals surface area contributed by atoms with Gasteiger partial charge in [0.05, 0.1) is 5.56 Å². The number of esters is 1. The summed E-state index contributed by atoms with van der Waals surface area (Å²) in [5, 5.41) is 0. The van der Waals surface area contributed by atoms with Crippen molar-refractivity contribution in [2.45, 2.75) is 13.0 Å². The molecule has 1 aromatic heterocycles. The second-order valence-corrected chi connectivity index (χ2v) is 5.24. The second-order valence-electron chi connectivity index (χ2n) is 5.24. The molecule has 3 aromatic rings. The Bertz CT molecular complexity index is 795. The molecule has 0 saturated heterocycles. The van der Waals surface area contributed by atoms with Crippen molar-refractivity contribution < 1.29 is 13.9 Å². The van der Waals surface area contributed by atoms with Gasteiger partial charge in [0.2, 0.25) is 0 Å². The molecule has 0 radical (unpaired) electrons. The number of benzene rings is 2. The van der Waals surface area contributed by atoms with Gasteiger partial charge >= 0.3 is 5.97 Å². The summed E-state index contributed by atoms with van der Waals surface area (Å²) in [6, 6.07) is 17.0. The van der Waals surface area contributed by atoms with E-state index in [1.165, 1.54) is 12.1 Å². The smallest absolute Gasteiger partial charge is 0.338 e. The molecule has 0 spiro atoms. The summed E-state index contributed by atoms with van der Waals surface area (Å²) in [4.78, 5) is 12.3. The van der Waals surface area contributed by atoms with Gasteiger partial charge in [-0.2, -0.15) is 0 Å². The van der Waals surface area contributed by atoms with Gasteiger partial charge in [-0.05, 0) is 55.0 Å². The summed E-state index contributed by atoms with van der Waals surface area (Å²) in [6.45, 7) is 1.76. The zero-order valence-corrected chi connectivity index (χ0v) is 12.6. The third-order valence-electron chi connectivity index (χ3n) is 3.61. The van der Waals surface area contributed by atoms with Gasteiger partial charge in [-0.15, -0.1) is 0 Å². The largest absolute Gasteiger partial charge is 0.454 e. The third-order valence-corrected chi connectivity index (χ3v) is 3.61. The molecule has 3 nitrogen and oxygen atoms in total. The Morgan fingerprint density at radius 1 is 1.04 bits per heavy atom. The number of rotatable bonds is 4. The number of halogens is 1. The van der Waals surface area contributed by atoms with Gasteiger partial charge in [-0.1, -0.05) is 18.2 Å². The molecular formula is C19H16FNO2. The van der Waals surface area contributed by atoms with E-state index >= 15 is 0 Å². The number of hydrogen-bond donors (Lipinski definition) is 0. The van der Waals surface area contributed by atoms with Crippen LogP contribution in [0.25, 0.3) is 5.69 Å². The number of carbonyl (C=O) groups excluding carboxylic acids is 1. The van der Waals surface area contributed by atoms with Crippen LogP contribution in [-0.2, 0) is 4.74 Å². The summed E-state index contributed by atoms with van der Waals surface area (Å²) in [5.74, 6) is -0.720. The first-order valence-corrected chi connectivity index (χ1v) is 7.33. The standard InChI is InChI=1S/C19H16FNO2/c1-14(15-7-9-17(20)10-8-15)23-19(22)16-5-4-6-18(13-16)21-11-2-3-12-21/h2-14H,1H3. The van der Waals surface area contributed by atoms with Gasteiger partial charge in [0.1, 0.15) is 11.9 Å². The van der Waals surface area contributed by atoms with E-state index in [4.69, 9.17) is 4.74 Å². The van der Waals surface area contributed by atoms with Crippen LogP contribution in [0.15, 0.2) is 73.1 Å². The van der Waals surface area contributed by atoms with E-state index < -0.39 is 12.1 Å². The lowest BCUT2D eigenvalue weighted by atomic mass is 10.1. The molecule has 0 amide bonds. The van der Waals surface area contributed by atoms with Crippen molar-refractivity contribution in [2.75, 3.05) is 0 Å². The Kier molecular flexibility index (Phi) is 4.24. The van der Waals surface area contributed by atoms with Crippen LogP contribution in [0, 0.1) is 5.82 Å². The highest BCUT2D eigenvalue weighted by molar-refractivity contribution is 5.90. The van der Waals surface area contributed by atoms with Crippen molar-refractivity contribution in [3.8, 4) is 5.69 Å². The first-order valence-electron chi connectivity index (χ1n) is 7.33. The van der Waals surface area contributed by atoms with Gasteiger partial charge < -0.3 is 9.30 Å². The molecule has 0 fully saturated rings. The Morgan fingerprint density at radius 2 is 1.74 bits per heavy atom. The molecule has 23 heavy (non-hydrogen) atoms. The quantitative estimate of drug-likeness (QED) is 0.663. The van der Waals surface area contributed by atoms with Crippen LogP contribution < -0.4 is 0 Å². The van der Waals surface area contributed by atoms with Crippen LogP contribution in [0.1, 0.15) is 28.9 Å². The minimum Gasteiger partial charge on any atom is -0.454 e. The number of carbonyl (C=O) groups is 1. The molecule has 0 saturated carbocycles. The van der Waals surface area contributed by atoms with Crippen LogP contribution in [0.3, 0.4) is 0 Å². The second kappa shape index (κ2) is 6.48. The molecule has 3 rings (SSSR count). The van der Waals surface area contributed by atoms with Crippen molar-refractivity contribution in [2.24, 2.45) is 0 Å². The predicted octanol–water partition coefficient (Wildman–Crippen LogP) is 4.53. The van der Waals surface area contributed by atoms with Gasteiger partial charge in [-0.25, -0.2) is 9.18 Å². The number of aromatic nitrogens is 1. The lowest BCUT2D eigenvalue weighted by Crippen LogP contribution is -2.09. The van der Waals surface area contributed by atoms with E-state index in [9.17, 15) is 9.18 Å². The van der Waals surface area contributed by atoms with Crippen molar-refractivity contribution in [1.29, 1.82) is 0 Å². The lowest BCUT2D eigenvalue weighted by Gasteiger charge is -2.14. The highest BCUT2D eigenvalue weighted by Gasteiger charge is 2.14. The number of hydrogen-bond acceptors (Lipinski definition) is 2. The summed E-state index contributed by atoms with van der Waals surface area (Å²) in [7, 11) is 0. The molecule has 1 unspecified atom stereocenters. The molecule has 4 heteroatoms. The summed E-state index contributed by atoms with van der Waals surface area (Å²) in [5.41, 5.74) is 2.12. The van der Waals surface area contributed by atoms with Crippen molar-refractivity contribution in [3.05, 3.63) is 90.0 Å². The third kappa shape index (κ3) is 3.48. The molecule has 2 aromatic carbocycles. The van der Waals surface area contributed by atoms with E-state index in [1.54, 1.807) is 31.2 Å². The maximum Gasteiger partial charge on any atom is 0.338 e. The minimum absolute atomic E-state index is 0.313.